The summed E-state index contributed by atoms with van der Waals surface area (Å²) in [6.45, 7) is 6.63. The molecule has 0 unspecified atom stereocenters. The molecule has 1 aromatic heterocycles. The van der Waals surface area contributed by atoms with Crippen LogP contribution >= 0.6 is 11.6 Å². The summed E-state index contributed by atoms with van der Waals surface area (Å²) < 4.78 is 25.8. The van der Waals surface area contributed by atoms with Crippen molar-refractivity contribution >= 4 is 21.6 Å². The van der Waals surface area contributed by atoms with E-state index in [-0.39, 0.29) is 16.1 Å². The van der Waals surface area contributed by atoms with E-state index in [1.165, 1.54) is 16.7 Å². The molecule has 0 aliphatic carbocycles. The molecule has 1 rings (SSSR count). The first-order valence-electron chi connectivity index (χ1n) is 5.35. The van der Waals surface area contributed by atoms with Crippen molar-refractivity contribution in [1.82, 2.24) is 14.3 Å². The van der Waals surface area contributed by atoms with Crippen molar-refractivity contribution in [2.45, 2.75) is 25.7 Å². The second-order valence-corrected chi connectivity index (χ2v) is 6.31. The second kappa shape index (κ2) is 5.75. The summed E-state index contributed by atoms with van der Waals surface area (Å²) in [4.78, 5) is 7.45. The minimum Gasteiger partial charge on any atom is -0.225 e. The maximum absolute atomic E-state index is 12.2. The third-order valence-corrected chi connectivity index (χ3v) is 4.24. The molecule has 0 fully saturated rings. The highest BCUT2D eigenvalue weighted by atomic mass is 35.5. The Kier molecular flexibility index (Phi) is 4.85. The van der Waals surface area contributed by atoms with Gasteiger partial charge >= 0.3 is 0 Å². The summed E-state index contributed by atoms with van der Waals surface area (Å²) in [6, 6.07) is 0. The Morgan fingerprint density at radius 2 is 1.88 bits per heavy atom. The van der Waals surface area contributed by atoms with E-state index < -0.39 is 10.0 Å². The van der Waals surface area contributed by atoms with Crippen LogP contribution in [0.25, 0.3) is 0 Å². The third-order valence-electron chi connectivity index (χ3n) is 2.16. The molecule has 0 saturated heterocycles. The number of hydrogen-bond acceptors (Lipinski definition) is 4. The molecule has 0 aliphatic rings. The number of nitrogens with zero attached hydrogens (tertiary/aromatic N) is 3. The van der Waals surface area contributed by atoms with E-state index in [1.807, 2.05) is 13.8 Å². The van der Waals surface area contributed by atoms with Crippen LogP contribution in [0, 0.1) is 5.92 Å². The number of sulfonamides is 1. The molecule has 0 saturated carbocycles. The monoisotopic (exact) mass is 277 g/mol. The van der Waals surface area contributed by atoms with Gasteiger partial charge in [0.1, 0.15) is 4.90 Å². The lowest BCUT2D eigenvalue weighted by Crippen LogP contribution is -2.34. The van der Waals surface area contributed by atoms with Crippen LogP contribution in [0.1, 0.15) is 20.8 Å². The zero-order valence-electron chi connectivity index (χ0n) is 10.1. The Balaban J connectivity index is 3.04. The highest BCUT2D eigenvalue weighted by Gasteiger charge is 2.24. The largest absolute Gasteiger partial charge is 0.246 e. The maximum atomic E-state index is 12.2. The number of rotatable bonds is 5. The molecule has 7 heteroatoms. The topological polar surface area (TPSA) is 63.2 Å². The Bertz CT molecular complexity index is 459. The highest BCUT2D eigenvalue weighted by molar-refractivity contribution is 7.89. The molecule has 1 heterocycles. The summed E-state index contributed by atoms with van der Waals surface area (Å²) in [5.74, 6) is 0.262. The third kappa shape index (κ3) is 3.62. The van der Waals surface area contributed by atoms with Crippen molar-refractivity contribution < 1.29 is 8.42 Å². The minimum absolute atomic E-state index is 0.0378. The van der Waals surface area contributed by atoms with Crippen LogP contribution in [0.5, 0.6) is 0 Å². The fourth-order valence-electron chi connectivity index (χ4n) is 1.39. The van der Waals surface area contributed by atoms with Gasteiger partial charge in [-0.3, -0.25) is 0 Å². The normalized spacial score (nSPS) is 12.4. The van der Waals surface area contributed by atoms with Crippen LogP contribution in [0.3, 0.4) is 0 Å². The summed E-state index contributed by atoms with van der Waals surface area (Å²) in [7, 11) is -3.51. The van der Waals surface area contributed by atoms with Crippen molar-refractivity contribution in [3.05, 3.63) is 17.7 Å². The quantitative estimate of drug-likeness (QED) is 0.770. The van der Waals surface area contributed by atoms with Gasteiger partial charge in [0, 0.05) is 13.1 Å². The summed E-state index contributed by atoms with van der Waals surface area (Å²) in [5.41, 5.74) is 0. The first kappa shape index (κ1) is 14.3. The van der Waals surface area contributed by atoms with Crippen molar-refractivity contribution in [2.24, 2.45) is 5.92 Å². The van der Waals surface area contributed by atoms with E-state index in [1.54, 1.807) is 6.92 Å². The van der Waals surface area contributed by atoms with Gasteiger partial charge in [-0.05, 0) is 17.5 Å². The van der Waals surface area contributed by atoms with Crippen molar-refractivity contribution in [2.75, 3.05) is 13.1 Å². The van der Waals surface area contributed by atoms with Gasteiger partial charge in [0.05, 0.1) is 12.4 Å². The Morgan fingerprint density at radius 1 is 1.35 bits per heavy atom. The van der Waals surface area contributed by atoms with E-state index in [4.69, 9.17) is 11.6 Å². The molecule has 0 spiro atoms. The van der Waals surface area contributed by atoms with Crippen LogP contribution < -0.4 is 0 Å². The lowest BCUT2D eigenvalue weighted by Gasteiger charge is -2.21. The van der Waals surface area contributed by atoms with Gasteiger partial charge in [-0.15, -0.1) is 0 Å². The molecule has 96 valence electrons. The summed E-state index contributed by atoms with van der Waals surface area (Å²) in [6.07, 6.45) is 2.46. The average molecular weight is 278 g/mol. The van der Waals surface area contributed by atoms with Gasteiger partial charge in [0.2, 0.25) is 15.3 Å². The zero-order valence-corrected chi connectivity index (χ0v) is 11.7. The molecule has 0 aromatic carbocycles. The van der Waals surface area contributed by atoms with E-state index in [9.17, 15) is 8.42 Å². The molecule has 17 heavy (non-hydrogen) atoms. The van der Waals surface area contributed by atoms with Gasteiger partial charge < -0.3 is 0 Å². The molecule has 0 bridgehead atoms. The average Bonchev–Trinajstić information content (AvgIpc) is 2.26. The summed E-state index contributed by atoms with van der Waals surface area (Å²) >= 11 is 5.53. The predicted molar refractivity (Wildman–Crippen MR) is 66.3 cm³/mol. The van der Waals surface area contributed by atoms with Crippen LogP contribution in [-0.4, -0.2) is 35.8 Å². The van der Waals surface area contributed by atoms with E-state index in [0.29, 0.717) is 13.1 Å². The van der Waals surface area contributed by atoms with Gasteiger partial charge in [0.15, 0.2) is 0 Å². The molecule has 5 nitrogen and oxygen atoms in total. The smallest absolute Gasteiger partial charge is 0.225 e. The van der Waals surface area contributed by atoms with Gasteiger partial charge in [-0.2, -0.15) is 4.31 Å². The van der Waals surface area contributed by atoms with E-state index >= 15 is 0 Å². The molecular formula is C10H16ClN3O2S. The van der Waals surface area contributed by atoms with Crippen LogP contribution in [0.2, 0.25) is 5.28 Å². The van der Waals surface area contributed by atoms with Crippen molar-refractivity contribution in [3.63, 3.8) is 0 Å². The first-order chi connectivity index (χ1) is 7.87. The van der Waals surface area contributed by atoms with Gasteiger partial charge in [-0.1, -0.05) is 20.8 Å². The predicted octanol–water partition coefficient (Wildman–Crippen LogP) is 1.80. The number of aromatic nitrogens is 2. The molecule has 1 aromatic rings. The molecule has 0 radical (unpaired) electrons. The standard InChI is InChI=1S/C10H16ClN3O2S/c1-4-14(7-8(2)3)17(15,16)9-5-12-10(11)13-6-9/h5-6,8H,4,7H2,1-3H3. The maximum Gasteiger partial charge on any atom is 0.246 e. The molecule has 0 amide bonds. The minimum atomic E-state index is -3.51. The number of halogens is 1. The van der Waals surface area contributed by atoms with Crippen LogP contribution in [-0.2, 0) is 10.0 Å². The lowest BCUT2D eigenvalue weighted by atomic mass is 10.2. The van der Waals surface area contributed by atoms with Gasteiger partial charge in [-0.25, -0.2) is 18.4 Å². The van der Waals surface area contributed by atoms with E-state index in [2.05, 4.69) is 9.97 Å². The Morgan fingerprint density at radius 3 is 2.29 bits per heavy atom. The van der Waals surface area contributed by atoms with Crippen molar-refractivity contribution in [1.29, 1.82) is 0 Å². The Hall–Kier alpha value is -0.720. The van der Waals surface area contributed by atoms with Crippen LogP contribution in [0.15, 0.2) is 17.3 Å². The molecule has 0 N–H and O–H groups in total. The highest BCUT2D eigenvalue weighted by Crippen LogP contribution is 2.15. The van der Waals surface area contributed by atoms with E-state index in [0.717, 1.165) is 0 Å². The molecule has 0 aliphatic heterocycles. The van der Waals surface area contributed by atoms with Crippen molar-refractivity contribution in [3.8, 4) is 0 Å². The summed E-state index contributed by atoms with van der Waals surface area (Å²) in [5, 5.41) is 0.0378. The van der Waals surface area contributed by atoms with Gasteiger partial charge in [0.25, 0.3) is 0 Å². The first-order valence-corrected chi connectivity index (χ1v) is 7.17. The molecular weight excluding hydrogens is 262 g/mol. The zero-order chi connectivity index (χ0) is 13.1. The second-order valence-electron chi connectivity index (χ2n) is 4.04. The lowest BCUT2D eigenvalue weighted by molar-refractivity contribution is 0.380. The SMILES string of the molecule is CCN(CC(C)C)S(=O)(=O)c1cnc(Cl)nc1. The number of hydrogen-bond donors (Lipinski definition) is 0. The molecule has 0 atom stereocenters. The fourth-order valence-corrected chi connectivity index (χ4v) is 2.99. The van der Waals surface area contributed by atoms with Crippen LogP contribution in [0.4, 0.5) is 0 Å². The fraction of sp³-hybridized carbons (Fsp3) is 0.600. The Labute approximate surface area is 107 Å².